The normalized spacial score (nSPS) is 22.3. The van der Waals surface area contributed by atoms with Gasteiger partial charge in [-0.1, -0.05) is 62.4 Å². The molecule has 0 radical (unpaired) electrons. The molecule has 0 aliphatic heterocycles. The second-order valence-electron chi connectivity index (χ2n) is 8.04. The minimum Gasteiger partial charge on any atom is -0.479 e. The first-order valence-corrected chi connectivity index (χ1v) is 9.22. The standard InChI is InChI=1S/C22H23NO4/c1-21(2)11-12-22(21,19(24)25)23-20(26)27-13-18-16-9-5-3-7-14(16)15-8-4-6-10-17(15)18/h3-10,18H,11-13H2,1-2H3,(H,23,26)(H,24,25). The van der Waals surface area contributed by atoms with Crippen LogP contribution in [-0.2, 0) is 9.53 Å². The molecule has 2 aliphatic rings. The molecular weight excluding hydrogens is 342 g/mol. The van der Waals surface area contributed by atoms with Crippen molar-refractivity contribution in [2.45, 2.75) is 38.1 Å². The molecule has 0 bridgehead atoms. The molecule has 2 aliphatic carbocycles. The Hall–Kier alpha value is -2.82. The number of hydrogen-bond acceptors (Lipinski definition) is 3. The third-order valence-electron chi connectivity index (χ3n) is 6.30. The molecule has 1 atom stereocenters. The highest BCUT2D eigenvalue weighted by Gasteiger charge is 2.60. The Kier molecular flexibility index (Phi) is 3.98. The molecule has 5 heteroatoms. The molecule has 27 heavy (non-hydrogen) atoms. The van der Waals surface area contributed by atoms with Crippen LogP contribution in [0.2, 0.25) is 0 Å². The molecule has 2 aromatic rings. The number of benzene rings is 2. The fourth-order valence-electron chi connectivity index (χ4n) is 4.37. The number of fused-ring (bicyclic) bond motifs is 3. The summed E-state index contributed by atoms with van der Waals surface area (Å²) in [6.45, 7) is 3.89. The zero-order valence-electron chi connectivity index (χ0n) is 15.5. The van der Waals surface area contributed by atoms with Crippen LogP contribution in [0, 0.1) is 5.41 Å². The SMILES string of the molecule is CC1(C)CCC1(NC(=O)OCC1c2ccccc2-c2ccccc21)C(=O)O. The Morgan fingerprint density at radius 2 is 1.59 bits per heavy atom. The van der Waals surface area contributed by atoms with Crippen LogP contribution in [0.15, 0.2) is 48.5 Å². The molecule has 5 nitrogen and oxygen atoms in total. The molecule has 1 saturated carbocycles. The average molecular weight is 365 g/mol. The van der Waals surface area contributed by atoms with E-state index < -0.39 is 23.0 Å². The van der Waals surface area contributed by atoms with Gasteiger partial charge in [0, 0.05) is 5.92 Å². The van der Waals surface area contributed by atoms with Crippen LogP contribution in [0.5, 0.6) is 0 Å². The number of amides is 1. The Labute approximate surface area is 158 Å². The maximum atomic E-state index is 12.4. The van der Waals surface area contributed by atoms with Crippen molar-refractivity contribution in [2.75, 3.05) is 6.61 Å². The summed E-state index contributed by atoms with van der Waals surface area (Å²) in [5, 5.41) is 12.3. The highest BCUT2D eigenvalue weighted by molar-refractivity contribution is 5.87. The molecule has 4 rings (SSSR count). The van der Waals surface area contributed by atoms with E-state index in [0.29, 0.717) is 6.42 Å². The summed E-state index contributed by atoms with van der Waals surface area (Å²) < 4.78 is 5.50. The van der Waals surface area contributed by atoms with Gasteiger partial charge in [0.15, 0.2) is 0 Å². The largest absolute Gasteiger partial charge is 0.479 e. The smallest absolute Gasteiger partial charge is 0.408 e. The van der Waals surface area contributed by atoms with E-state index in [1.54, 1.807) is 0 Å². The van der Waals surface area contributed by atoms with Gasteiger partial charge in [-0.25, -0.2) is 9.59 Å². The maximum absolute atomic E-state index is 12.4. The van der Waals surface area contributed by atoms with Crippen molar-refractivity contribution in [3.63, 3.8) is 0 Å². The fourth-order valence-corrected chi connectivity index (χ4v) is 4.37. The second kappa shape index (κ2) is 6.12. The van der Waals surface area contributed by atoms with Gasteiger partial charge in [0.2, 0.25) is 0 Å². The summed E-state index contributed by atoms with van der Waals surface area (Å²) in [5.41, 5.74) is 2.82. The number of hydrogen-bond donors (Lipinski definition) is 2. The number of nitrogens with one attached hydrogen (secondary N) is 1. The number of aliphatic carboxylic acids is 1. The predicted molar refractivity (Wildman–Crippen MR) is 102 cm³/mol. The van der Waals surface area contributed by atoms with Crippen molar-refractivity contribution in [1.29, 1.82) is 0 Å². The molecule has 0 saturated heterocycles. The summed E-state index contributed by atoms with van der Waals surface area (Å²) in [7, 11) is 0. The number of rotatable bonds is 4. The Balaban J connectivity index is 1.51. The number of carboxylic acid groups (broad SMARTS) is 1. The van der Waals surface area contributed by atoms with Crippen LogP contribution in [0.1, 0.15) is 43.7 Å². The quantitative estimate of drug-likeness (QED) is 0.853. The van der Waals surface area contributed by atoms with Gasteiger partial charge in [-0.2, -0.15) is 0 Å². The monoisotopic (exact) mass is 365 g/mol. The number of ether oxygens (including phenoxy) is 1. The number of carbonyl (C=O) groups is 2. The van der Waals surface area contributed by atoms with Crippen molar-refractivity contribution in [2.24, 2.45) is 5.41 Å². The zero-order chi connectivity index (χ0) is 19.2. The molecule has 1 fully saturated rings. The molecule has 2 aromatic carbocycles. The first-order valence-electron chi connectivity index (χ1n) is 9.22. The van der Waals surface area contributed by atoms with Crippen LogP contribution < -0.4 is 5.32 Å². The zero-order valence-corrected chi connectivity index (χ0v) is 15.5. The Bertz CT molecular complexity index is 875. The number of carboxylic acids is 1. The van der Waals surface area contributed by atoms with Gasteiger partial charge in [-0.05, 0) is 40.5 Å². The van der Waals surface area contributed by atoms with Crippen LogP contribution >= 0.6 is 0 Å². The molecule has 0 spiro atoms. The topological polar surface area (TPSA) is 75.6 Å². The molecule has 2 N–H and O–H groups in total. The van der Waals surface area contributed by atoms with E-state index in [0.717, 1.165) is 28.7 Å². The van der Waals surface area contributed by atoms with E-state index in [1.807, 2.05) is 38.1 Å². The highest BCUT2D eigenvalue weighted by Crippen LogP contribution is 2.50. The third kappa shape index (κ3) is 2.60. The molecule has 1 unspecified atom stereocenters. The van der Waals surface area contributed by atoms with E-state index in [4.69, 9.17) is 4.74 Å². The molecular formula is C22H23NO4. The fraction of sp³-hybridized carbons (Fsp3) is 0.364. The lowest BCUT2D eigenvalue weighted by Crippen LogP contribution is -2.69. The lowest BCUT2D eigenvalue weighted by atomic mass is 9.56. The minimum absolute atomic E-state index is 0.0432. The van der Waals surface area contributed by atoms with Gasteiger partial charge in [-0.3, -0.25) is 0 Å². The van der Waals surface area contributed by atoms with Gasteiger partial charge in [0.1, 0.15) is 12.1 Å². The van der Waals surface area contributed by atoms with Gasteiger partial charge >= 0.3 is 12.1 Å². The lowest BCUT2D eigenvalue weighted by Gasteiger charge is -2.52. The van der Waals surface area contributed by atoms with Gasteiger partial charge in [0.25, 0.3) is 0 Å². The summed E-state index contributed by atoms with van der Waals surface area (Å²) in [6.07, 6.45) is 0.495. The molecule has 0 heterocycles. The van der Waals surface area contributed by atoms with Crippen LogP contribution in [0.4, 0.5) is 4.79 Å². The average Bonchev–Trinajstić information content (AvgIpc) is 2.97. The third-order valence-corrected chi connectivity index (χ3v) is 6.30. The van der Waals surface area contributed by atoms with E-state index in [2.05, 4.69) is 29.6 Å². The van der Waals surface area contributed by atoms with E-state index in [1.165, 1.54) is 0 Å². The van der Waals surface area contributed by atoms with Crippen LogP contribution in [0.3, 0.4) is 0 Å². The molecule has 0 aromatic heterocycles. The summed E-state index contributed by atoms with van der Waals surface area (Å²) >= 11 is 0. The summed E-state index contributed by atoms with van der Waals surface area (Å²) in [5.74, 6) is -1.05. The second-order valence-corrected chi connectivity index (χ2v) is 8.04. The van der Waals surface area contributed by atoms with E-state index in [-0.39, 0.29) is 12.5 Å². The maximum Gasteiger partial charge on any atom is 0.408 e. The van der Waals surface area contributed by atoms with E-state index >= 15 is 0 Å². The Morgan fingerprint density at radius 3 is 2.04 bits per heavy atom. The van der Waals surface area contributed by atoms with Crippen LogP contribution in [0.25, 0.3) is 11.1 Å². The van der Waals surface area contributed by atoms with Crippen molar-refractivity contribution < 1.29 is 19.4 Å². The number of alkyl carbamates (subject to hydrolysis) is 1. The molecule has 140 valence electrons. The summed E-state index contributed by atoms with van der Waals surface area (Å²) in [4.78, 5) is 24.2. The summed E-state index contributed by atoms with van der Waals surface area (Å²) in [6, 6.07) is 16.2. The predicted octanol–water partition coefficient (Wildman–Crippen LogP) is 4.17. The Morgan fingerprint density at radius 1 is 1.04 bits per heavy atom. The highest BCUT2D eigenvalue weighted by atomic mass is 16.5. The first kappa shape index (κ1) is 17.6. The van der Waals surface area contributed by atoms with Gasteiger partial charge in [0.05, 0.1) is 0 Å². The number of carbonyl (C=O) groups excluding carboxylic acids is 1. The van der Waals surface area contributed by atoms with Crippen molar-refractivity contribution in [3.05, 3.63) is 59.7 Å². The van der Waals surface area contributed by atoms with Crippen molar-refractivity contribution in [1.82, 2.24) is 5.32 Å². The van der Waals surface area contributed by atoms with Crippen LogP contribution in [-0.4, -0.2) is 29.3 Å². The lowest BCUT2D eigenvalue weighted by molar-refractivity contribution is -0.159. The van der Waals surface area contributed by atoms with E-state index in [9.17, 15) is 14.7 Å². The van der Waals surface area contributed by atoms with Crippen molar-refractivity contribution in [3.8, 4) is 11.1 Å². The van der Waals surface area contributed by atoms with Gasteiger partial charge in [-0.15, -0.1) is 0 Å². The first-order chi connectivity index (χ1) is 12.9. The minimum atomic E-state index is -1.25. The van der Waals surface area contributed by atoms with Crippen molar-refractivity contribution >= 4 is 12.1 Å². The van der Waals surface area contributed by atoms with Gasteiger partial charge < -0.3 is 15.2 Å². The molecule has 1 amide bonds.